The van der Waals surface area contributed by atoms with Crippen LogP contribution in [0.2, 0.25) is 5.02 Å². The van der Waals surface area contributed by atoms with Crippen LogP contribution in [-0.2, 0) is 26.2 Å². The molecular formula is C23H29ClFN3O4S. The molecule has 1 N–H and O–H groups in total. The van der Waals surface area contributed by atoms with Gasteiger partial charge in [0.15, 0.2) is 0 Å². The predicted octanol–water partition coefficient (Wildman–Crippen LogP) is 3.58. The third-order valence-electron chi connectivity index (χ3n) is 4.73. The molecule has 0 aliphatic rings. The van der Waals surface area contributed by atoms with Crippen molar-refractivity contribution in [3.8, 4) is 0 Å². The number of nitrogens with one attached hydrogen (secondary N) is 1. The average molecular weight is 498 g/mol. The summed E-state index contributed by atoms with van der Waals surface area (Å²) in [7, 11) is -3.92. The molecule has 0 fully saturated rings. The molecule has 33 heavy (non-hydrogen) atoms. The molecule has 2 aromatic carbocycles. The molecule has 0 spiro atoms. The Kier molecular flexibility index (Phi) is 8.48. The number of carbonyl (C=O) groups excluding carboxylic acids is 2. The van der Waals surface area contributed by atoms with Crippen molar-refractivity contribution >= 4 is 39.1 Å². The first-order valence-corrected chi connectivity index (χ1v) is 12.5. The zero-order chi connectivity index (χ0) is 25.0. The van der Waals surface area contributed by atoms with Crippen molar-refractivity contribution in [3.63, 3.8) is 0 Å². The maximum atomic E-state index is 13.6. The van der Waals surface area contributed by atoms with Crippen LogP contribution in [0.5, 0.6) is 0 Å². The molecule has 0 aliphatic carbocycles. The molecule has 1 atom stereocenters. The molecule has 0 unspecified atom stereocenters. The van der Waals surface area contributed by atoms with Crippen molar-refractivity contribution < 1.29 is 22.4 Å². The van der Waals surface area contributed by atoms with Crippen molar-refractivity contribution in [1.82, 2.24) is 10.2 Å². The van der Waals surface area contributed by atoms with Crippen molar-refractivity contribution in [2.75, 3.05) is 17.1 Å². The van der Waals surface area contributed by atoms with Crippen molar-refractivity contribution in [2.45, 2.75) is 45.8 Å². The topological polar surface area (TPSA) is 86.8 Å². The van der Waals surface area contributed by atoms with Crippen LogP contribution in [0, 0.1) is 5.82 Å². The Hall–Kier alpha value is -2.65. The number of amides is 2. The first-order chi connectivity index (χ1) is 15.2. The van der Waals surface area contributed by atoms with E-state index in [0.717, 1.165) is 28.3 Å². The number of sulfonamides is 1. The average Bonchev–Trinajstić information content (AvgIpc) is 2.70. The summed E-state index contributed by atoms with van der Waals surface area (Å²) in [6.45, 7) is 6.57. The summed E-state index contributed by atoms with van der Waals surface area (Å²) in [5, 5.41) is 2.57. The lowest BCUT2D eigenvalue weighted by atomic mass is 10.1. The van der Waals surface area contributed by atoms with Crippen LogP contribution in [0.1, 0.15) is 33.3 Å². The first kappa shape index (κ1) is 26.6. The fourth-order valence-electron chi connectivity index (χ4n) is 3.09. The van der Waals surface area contributed by atoms with E-state index in [9.17, 15) is 22.4 Å². The highest BCUT2D eigenvalue weighted by Crippen LogP contribution is 2.25. The zero-order valence-electron chi connectivity index (χ0n) is 19.3. The Morgan fingerprint density at radius 1 is 1.12 bits per heavy atom. The minimum atomic E-state index is -3.92. The highest BCUT2D eigenvalue weighted by atomic mass is 35.5. The summed E-state index contributed by atoms with van der Waals surface area (Å²) in [5.74, 6) is -1.68. The molecule has 2 amide bonds. The van der Waals surface area contributed by atoms with E-state index in [0.29, 0.717) is 0 Å². The smallest absolute Gasteiger partial charge is 0.244 e. The van der Waals surface area contributed by atoms with Gasteiger partial charge in [0.05, 0.1) is 17.0 Å². The van der Waals surface area contributed by atoms with E-state index >= 15 is 0 Å². The van der Waals surface area contributed by atoms with Gasteiger partial charge in [-0.1, -0.05) is 41.9 Å². The van der Waals surface area contributed by atoms with Gasteiger partial charge in [0, 0.05) is 12.1 Å². The van der Waals surface area contributed by atoms with Gasteiger partial charge in [-0.15, -0.1) is 0 Å². The highest BCUT2D eigenvalue weighted by Gasteiger charge is 2.31. The van der Waals surface area contributed by atoms with E-state index in [4.69, 9.17) is 11.6 Å². The molecule has 2 aromatic rings. The number of hydrogen-bond acceptors (Lipinski definition) is 4. The molecular weight excluding hydrogens is 469 g/mol. The van der Waals surface area contributed by atoms with Gasteiger partial charge in [-0.05, 0) is 51.5 Å². The fraction of sp³-hybridized carbons (Fsp3) is 0.391. The molecule has 0 saturated carbocycles. The fourth-order valence-corrected chi connectivity index (χ4v) is 4.11. The first-order valence-electron chi connectivity index (χ1n) is 10.3. The third kappa shape index (κ3) is 7.71. The molecule has 0 heterocycles. The molecule has 0 bridgehead atoms. The lowest BCUT2D eigenvalue weighted by molar-refractivity contribution is -0.140. The van der Waals surface area contributed by atoms with E-state index in [-0.39, 0.29) is 23.2 Å². The van der Waals surface area contributed by atoms with Gasteiger partial charge in [0.2, 0.25) is 21.8 Å². The van der Waals surface area contributed by atoms with Crippen LogP contribution in [-0.4, -0.2) is 49.5 Å². The second kappa shape index (κ2) is 10.5. The Bertz CT molecular complexity index is 1100. The van der Waals surface area contributed by atoms with Crippen LogP contribution >= 0.6 is 11.6 Å². The van der Waals surface area contributed by atoms with E-state index in [1.54, 1.807) is 19.1 Å². The van der Waals surface area contributed by atoms with Gasteiger partial charge in [0.1, 0.15) is 18.4 Å². The summed E-state index contributed by atoms with van der Waals surface area (Å²) in [4.78, 5) is 27.5. The summed E-state index contributed by atoms with van der Waals surface area (Å²) < 4.78 is 39.4. The number of anilines is 1. The molecule has 0 aliphatic heterocycles. The van der Waals surface area contributed by atoms with Crippen molar-refractivity contribution in [1.29, 1.82) is 0 Å². The number of hydrogen-bond donors (Lipinski definition) is 1. The van der Waals surface area contributed by atoms with E-state index in [1.807, 2.05) is 39.0 Å². The Labute approximate surface area is 199 Å². The predicted molar refractivity (Wildman–Crippen MR) is 128 cm³/mol. The Balaban J connectivity index is 2.40. The molecule has 0 radical (unpaired) electrons. The maximum Gasteiger partial charge on any atom is 0.244 e. The molecule has 0 aromatic heterocycles. The lowest BCUT2D eigenvalue weighted by Gasteiger charge is -2.33. The van der Waals surface area contributed by atoms with Gasteiger partial charge < -0.3 is 10.2 Å². The van der Waals surface area contributed by atoms with Gasteiger partial charge in [-0.25, -0.2) is 12.8 Å². The van der Waals surface area contributed by atoms with Crippen molar-refractivity contribution in [3.05, 3.63) is 64.9 Å². The van der Waals surface area contributed by atoms with Crippen LogP contribution in [0.15, 0.2) is 48.5 Å². The normalized spacial score (nSPS) is 12.7. The number of benzene rings is 2. The van der Waals surface area contributed by atoms with Crippen LogP contribution in [0.25, 0.3) is 0 Å². The summed E-state index contributed by atoms with van der Waals surface area (Å²) >= 11 is 5.82. The molecule has 2 rings (SSSR count). The third-order valence-corrected chi connectivity index (χ3v) is 6.16. The molecule has 180 valence electrons. The Morgan fingerprint density at radius 2 is 1.73 bits per heavy atom. The van der Waals surface area contributed by atoms with Gasteiger partial charge >= 0.3 is 0 Å². The molecule has 10 heteroatoms. The minimum Gasteiger partial charge on any atom is -0.350 e. The highest BCUT2D eigenvalue weighted by molar-refractivity contribution is 7.92. The van der Waals surface area contributed by atoms with Gasteiger partial charge in [0.25, 0.3) is 0 Å². The summed E-state index contributed by atoms with van der Waals surface area (Å²) in [6, 6.07) is 11.6. The lowest BCUT2D eigenvalue weighted by Crippen LogP contribution is -2.54. The van der Waals surface area contributed by atoms with Crippen LogP contribution in [0.4, 0.5) is 10.1 Å². The Morgan fingerprint density at radius 3 is 2.24 bits per heavy atom. The van der Waals surface area contributed by atoms with E-state index in [1.165, 1.54) is 11.0 Å². The number of rotatable bonds is 8. The summed E-state index contributed by atoms with van der Waals surface area (Å²) in [6.07, 6.45) is 0.939. The van der Waals surface area contributed by atoms with Crippen molar-refractivity contribution in [2.24, 2.45) is 0 Å². The molecule has 7 nitrogen and oxygen atoms in total. The second-order valence-electron chi connectivity index (χ2n) is 8.79. The number of nitrogens with zero attached hydrogens (tertiary/aromatic N) is 2. The summed E-state index contributed by atoms with van der Waals surface area (Å²) in [5.41, 5.74) is 0.303. The number of halogens is 2. The maximum absolute atomic E-state index is 13.6. The quantitative estimate of drug-likeness (QED) is 0.604. The van der Waals surface area contributed by atoms with Crippen LogP contribution < -0.4 is 9.62 Å². The monoisotopic (exact) mass is 497 g/mol. The van der Waals surface area contributed by atoms with Crippen LogP contribution in [0.3, 0.4) is 0 Å². The second-order valence-corrected chi connectivity index (χ2v) is 11.1. The standard InChI is InChI=1S/C23H29ClFN3O4S/c1-16(22(30)26-23(2,3)4)27(14-17-9-7-6-8-10-17)21(29)15-28(33(5,31)32)18-11-12-20(25)19(24)13-18/h6-13,16H,14-15H2,1-5H3,(H,26,30)/t16-/m0/s1. The molecule has 0 saturated heterocycles. The zero-order valence-corrected chi connectivity index (χ0v) is 20.9. The van der Waals surface area contributed by atoms with E-state index in [2.05, 4.69) is 5.32 Å². The number of carbonyl (C=O) groups is 2. The van der Waals surface area contributed by atoms with E-state index < -0.39 is 39.9 Å². The minimum absolute atomic E-state index is 0.0451. The largest absolute Gasteiger partial charge is 0.350 e. The van der Waals surface area contributed by atoms with Gasteiger partial charge in [-0.2, -0.15) is 0 Å². The SMILES string of the molecule is C[C@@H](C(=O)NC(C)(C)C)N(Cc1ccccc1)C(=O)CN(c1ccc(F)c(Cl)c1)S(C)(=O)=O. The van der Waals surface area contributed by atoms with Gasteiger partial charge in [-0.3, -0.25) is 13.9 Å².